The van der Waals surface area contributed by atoms with Crippen LogP contribution >= 0.6 is 11.3 Å². The van der Waals surface area contributed by atoms with Crippen LogP contribution in [0.25, 0.3) is 0 Å². The van der Waals surface area contributed by atoms with Crippen LogP contribution in [-0.4, -0.2) is 22.7 Å². The van der Waals surface area contributed by atoms with Crippen LogP contribution in [0, 0.1) is 5.92 Å². The molecule has 2 aliphatic rings. The van der Waals surface area contributed by atoms with Crippen LogP contribution in [0.3, 0.4) is 0 Å². The Morgan fingerprint density at radius 3 is 3.05 bits per heavy atom. The Kier molecular flexibility index (Phi) is 4.20. The van der Waals surface area contributed by atoms with E-state index in [-0.39, 0.29) is 6.10 Å². The molecular formula is C15H24N2OS. The van der Waals surface area contributed by atoms with Gasteiger partial charge in [0.25, 0.3) is 0 Å². The first-order valence-corrected chi connectivity index (χ1v) is 8.44. The number of nitrogens with zero attached hydrogens (tertiary/aromatic N) is 1. The van der Waals surface area contributed by atoms with E-state index in [1.807, 2.05) is 11.3 Å². The van der Waals surface area contributed by atoms with Crippen molar-refractivity contribution < 1.29 is 5.11 Å². The molecule has 19 heavy (non-hydrogen) atoms. The standard InChI is InChI=1S/C15H24N2OS/c1-10(15-17-13-6-3-7-14(13)19-15)16-9-11-4-2-5-12(18)8-11/h10-12,16,18H,2-9H2,1H3. The lowest BCUT2D eigenvalue weighted by Gasteiger charge is -2.27. The number of thiazole rings is 1. The zero-order chi connectivity index (χ0) is 13.2. The Balaban J connectivity index is 1.51. The van der Waals surface area contributed by atoms with Crippen LogP contribution in [0.2, 0.25) is 0 Å². The van der Waals surface area contributed by atoms with Gasteiger partial charge in [-0.3, -0.25) is 0 Å². The number of hydrogen-bond acceptors (Lipinski definition) is 4. The number of rotatable bonds is 4. The summed E-state index contributed by atoms with van der Waals surface area (Å²) in [5.41, 5.74) is 1.35. The second-order valence-electron chi connectivity index (χ2n) is 6.09. The van der Waals surface area contributed by atoms with Gasteiger partial charge in [-0.15, -0.1) is 11.3 Å². The normalized spacial score (nSPS) is 28.3. The van der Waals surface area contributed by atoms with Crippen LogP contribution in [0.15, 0.2) is 0 Å². The molecule has 4 heteroatoms. The van der Waals surface area contributed by atoms with Gasteiger partial charge in [-0.05, 0) is 57.9 Å². The lowest BCUT2D eigenvalue weighted by atomic mass is 9.87. The van der Waals surface area contributed by atoms with E-state index in [0.29, 0.717) is 12.0 Å². The lowest BCUT2D eigenvalue weighted by molar-refractivity contribution is 0.0998. The number of fused-ring (bicyclic) bond motifs is 1. The van der Waals surface area contributed by atoms with E-state index in [1.165, 1.54) is 47.7 Å². The summed E-state index contributed by atoms with van der Waals surface area (Å²) in [7, 11) is 0. The summed E-state index contributed by atoms with van der Waals surface area (Å²) in [6.45, 7) is 3.23. The second-order valence-corrected chi connectivity index (χ2v) is 7.21. The van der Waals surface area contributed by atoms with Crippen LogP contribution in [0.4, 0.5) is 0 Å². The van der Waals surface area contributed by atoms with Crippen LogP contribution in [0.5, 0.6) is 0 Å². The highest BCUT2D eigenvalue weighted by atomic mass is 32.1. The monoisotopic (exact) mass is 280 g/mol. The first-order valence-electron chi connectivity index (χ1n) is 7.62. The van der Waals surface area contributed by atoms with Gasteiger partial charge in [0, 0.05) is 4.88 Å². The third-order valence-electron chi connectivity index (χ3n) is 4.45. The quantitative estimate of drug-likeness (QED) is 0.891. The highest BCUT2D eigenvalue weighted by Gasteiger charge is 2.22. The highest BCUT2D eigenvalue weighted by molar-refractivity contribution is 7.11. The van der Waals surface area contributed by atoms with Crippen molar-refractivity contribution >= 4 is 11.3 Å². The molecule has 1 heterocycles. The Morgan fingerprint density at radius 2 is 2.26 bits per heavy atom. The van der Waals surface area contributed by atoms with Crippen LogP contribution < -0.4 is 5.32 Å². The molecule has 3 rings (SSSR count). The van der Waals surface area contributed by atoms with E-state index in [9.17, 15) is 5.11 Å². The third-order valence-corrected chi connectivity index (χ3v) is 5.79. The maximum atomic E-state index is 9.70. The summed E-state index contributed by atoms with van der Waals surface area (Å²) in [6.07, 6.45) is 8.01. The topological polar surface area (TPSA) is 45.1 Å². The van der Waals surface area contributed by atoms with Gasteiger partial charge in [-0.2, -0.15) is 0 Å². The summed E-state index contributed by atoms with van der Waals surface area (Å²) in [5.74, 6) is 0.637. The van der Waals surface area contributed by atoms with Gasteiger partial charge in [0.2, 0.25) is 0 Å². The average molecular weight is 280 g/mol. The number of nitrogens with one attached hydrogen (secondary N) is 1. The molecule has 0 aromatic carbocycles. The largest absolute Gasteiger partial charge is 0.393 e. The lowest BCUT2D eigenvalue weighted by Crippen LogP contribution is -2.30. The van der Waals surface area contributed by atoms with Crippen molar-refractivity contribution in [1.82, 2.24) is 10.3 Å². The second kappa shape index (κ2) is 5.90. The van der Waals surface area contributed by atoms with Crippen molar-refractivity contribution in [2.24, 2.45) is 5.92 Å². The third kappa shape index (κ3) is 3.18. The van der Waals surface area contributed by atoms with Gasteiger partial charge in [0.1, 0.15) is 5.01 Å². The fraction of sp³-hybridized carbons (Fsp3) is 0.800. The van der Waals surface area contributed by atoms with Gasteiger partial charge in [0.15, 0.2) is 0 Å². The molecule has 1 aromatic heterocycles. The zero-order valence-electron chi connectivity index (χ0n) is 11.7. The van der Waals surface area contributed by atoms with Crippen molar-refractivity contribution in [2.45, 2.75) is 64.0 Å². The van der Waals surface area contributed by atoms with Gasteiger partial charge >= 0.3 is 0 Å². The van der Waals surface area contributed by atoms with E-state index in [4.69, 9.17) is 4.98 Å². The number of aromatic nitrogens is 1. The molecule has 2 aliphatic carbocycles. The van der Waals surface area contributed by atoms with E-state index >= 15 is 0 Å². The smallest absolute Gasteiger partial charge is 0.110 e. The van der Waals surface area contributed by atoms with E-state index in [2.05, 4.69) is 12.2 Å². The molecule has 3 unspecified atom stereocenters. The summed E-state index contributed by atoms with van der Waals surface area (Å²) in [4.78, 5) is 6.29. The molecule has 0 spiro atoms. The average Bonchev–Trinajstić information content (AvgIpc) is 2.96. The molecule has 0 bridgehead atoms. The first kappa shape index (κ1) is 13.5. The van der Waals surface area contributed by atoms with Gasteiger partial charge in [-0.1, -0.05) is 6.42 Å². The molecule has 1 saturated carbocycles. The summed E-state index contributed by atoms with van der Waals surface area (Å²) < 4.78 is 0. The number of aliphatic hydroxyl groups excluding tert-OH is 1. The SMILES string of the molecule is CC(NCC1CCCC(O)C1)c1nc2c(s1)CCC2. The molecule has 106 valence electrons. The predicted octanol–water partition coefficient (Wildman–Crippen LogP) is 2.83. The minimum absolute atomic E-state index is 0.0699. The summed E-state index contributed by atoms with van der Waals surface area (Å²) >= 11 is 1.89. The van der Waals surface area contributed by atoms with Gasteiger partial charge in [0.05, 0.1) is 17.8 Å². The summed E-state index contributed by atoms with van der Waals surface area (Å²) in [6, 6.07) is 0.356. The molecule has 1 aromatic rings. The minimum atomic E-state index is -0.0699. The number of aryl methyl sites for hydroxylation is 2. The fourth-order valence-electron chi connectivity index (χ4n) is 3.27. The Bertz CT molecular complexity index is 410. The van der Waals surface area contributed by atoms with Crippen LogP contribution in [0.1, 0.15) is 60.6 Å². The molecule has 0 saturated heterocycles. The number of aliphatic hydroxyl groups is 1. The maximum absolute atomic E-state index is 9.70. The Labute approximate surface area is 119 Å². The Hall–Kier alpha value is -0.450. The van der Waals surface area contributed by atoms with E-state index in [1.54, 1.807) is 0 Å². The molecule has 0 radical (unpaired) electrons. The van der Waals surface area contributed by atoms with Crippen LogP contribution in [-0.2, 0) is 12.8 Å². The molecule has 3 atom stereocenters. The van der Waals surface area contributed by atoms with Crippen molar-refractivity contribution in [3.05, 3.63) is 15.6 Å². The minimum Gasteiger partial charge on any atom is -0.393 e. The van der Waals surface area contributed by atoms with Crippen molar-refractivity contribution in [2.75, 3.05) is 6.54 Å². The Morgan fingerprint density at radius 1 is 1.37 bits per heavy atom. The molecule has 1 fully saturated rings. The van der Waals surface area contributed by atoms with E-state index < -0.39 is 0 Å². The highest BCUT2D eigenvalue weighted by Crippen LogP contribution is 2.31. The predicted molar refractivity (Wildman–Crippen MR) is 78.5 cm³/mol. The molecule has 0 amide bonds. The zero-order valence-corrected chi connectivity index (χ0v) is 12.5. The maximum Gasteiger partial charge on any atom is 0.110 e. The van der Waals surface area contributed by atoms with E-state index in [0.717, 1.165) is 19.4 Å². The number of hydrogen-bond donors (Lipinski definition) is 2. The summed E-state index contributed by atoms with van der Waals surface area (Å²) in [5, 5.41) is 14.6. The van der Waals surface area contributed by atoms with Crippen molar-refractivity contribution in [1.29, 1.82) is 0 Å². The van der Waals surface area contributed by atoms with Crippen molar-refractivity contribution in [3.8, 4) is 0 Å². The molecule has 3 nitrogen and oxygen atoms in total. The molecule has 0 aliphatic heterocycles. The van der Waals surface area contributed by atoms with Crippen molar-refractivity contribution in [3.63, 3.8) is 0 Å². The fourth-order valence-corrected chi connectivity index (χ4v) is 4.45. The van der Waals surface area contributed by atoms with Gasteiger partial charge < -0.3 is 10.4 Å². The molecule has 2 N–H and O–H groups in total. The first-order chi connectivity index (χ1) is 9.22. The molecular weight excluding hydrogens is 256 g/mol. The van der Waals surface area contributed by atoms with Gasteiger partial charge in [-0.25, -0.2) is 4.98 Å².